The first kappa shape index (κ1) is 16.1. The molecular formula is C18H23N3O. The van der Waals surface area contributed by atoms with Gasteiger partial charge in [-0.3, -0.25) is 4.79 Å². The highest BCUT2D eigenvalue weighted by Gasteiger charge is 2.23. The number of hydrogen-bond donors (Lipinski definition) is 1. The molecule has 1 aliphatic rings. The van der Waals surface area contributed by atoms with Gasteiger partial charge >= 0.3 is 0 Å². The van der Waals surface area contributed by atoms with Crippen LogP contribution in [-0.4, -0.2) is 22.9 Å². The van der Waals surface area contributed by atoms with Crippen molar-refractivity contribution in [3.05, 3.63) is 41.6 Å². The minimum absolute atomic E-state index is 0.154. The molecule has 1 aromatic rings. The largest absolute Gasteiger partial charge is 0.371 e. The highest BCUT2D eigenvalue weighted by molar-refractivity contribution is 6.06. The lowest BCUT2D eigenvalue weighted by molar-refractivity contribution is -0.112. The summed E-state index contributed by atoms with van der Waals surface area (Å²) in [6, 6.07) is 10.3. The normalized spacial score (nSPS) is 22.1. The number of nitrogens with one attached hydrogen (secondary N) is 1. The number of amides is 1. The van der Waals surface area contributed by atoms with Crippen molar-refractivity contribution >= 4 is 11.6 Å². The van der Waals surface area contributed by atoms with Crippen molar-refractivity contribution in [2.24, 2.45) is 0 Å². The molecule has 0 aromatic heterocycles. The zero-order valence-electron chi connectivity index (χ0n) is 13.5. The van der Waals surface area contributed by atoms with Crippen molar-refractivity contribution in [2.75, 3.05) is 5.32 Å². The smallest absolute Gasteiger partial charge is 0.267 e. The van der Waals surface area contributed by atoms with Crippen molar-refractivity contribution in [1.82, 2.24) is 4.90 Å². The van der Waals surface area contributed by atoms with Crippen LogP contribution in [0.15, 0.2) is 36.0 Å². The maximum absolute atomic E-state index is 12.3. The fourth-order valence-corrected chi connectivity index (χ4v) is 2.82. The summed E-state index contributed by atoms with van der Waals surface area (Å²) in [6.07, 6.45) is 5.11. The number of piperidine rings is 1. The SMILES string of the molecule is Cc1ccc(NC(=O)/C(C#N)=C\N2C(C)CCCC2C)cc1. The molecule has 22 heavy (non-hydrogen) atoms. The van der Waals surface area contributed by atoms with Crippen LogP contribution in [0.3, 0.4) is 0 Å². The number of likely N-dealkylation sites (tertiary alicyclic amines) is 1. The number of nitriles is 1. The number of anilines is 1. The van der Waals surface area contributed by atoms with Crippen LogP contribution in [0.5, 0.6) is 0 Å². The second-order valence-corrected chi connectivity index (χ2v) is 6.05. The van der Waals surface area contributed by atoms with Gasteiger partial charge in [0, 0.05) is 24.0 Å². The second kappa shape index (κ2) is 7.13. The first-order valence-corrected chi connectivity index (χ1v) is 7.78. The number of aryl methyl sites for hydroxylation is 1. The van der Waals surface area contributed by atoms with E-state index in [9.17, 15) is 10.1 Å². The molecule has 4 nitrogen and oxygen atoms in total. The lowest BCUT2D eigenvalue weighted by Crippen LogP contribution is -2.40. The molecule has 2 atom stereocenters. The second-order valence-electron chi connectivity index (χ2n) is 6.05. The Morgan fingerprint density at radius 3 is 2.41 bits per heavy atom. The molecular weight excluding hydrogens is 274 g/mol. The van der Waals surface area contributed by atoms with Crippen LogP contribution in [0.4, 0.5) is 5.69 Å². The maximum atomic E-state index is 12.3. The van der Waals surface area contributed by atoms with Gasteiger partial charge in [0.15, 0.2) is 0 Å². The van der Waals surface area contributed by atoms with E-state index in [4.69, 9.17) is 0 Å². The van der Waals surface area contributed by atoms with Crippen molar-refractivity contribution in [3.63, 3.8) is 0 Å². The predicted octanol–water partition coefficient (Wildman–Crippen LogP) is 3.60. The topological polar surface area (TPSA) is 56.1 Å². The molecule has 1 fully saturated rings. The summed E-state index contributed by atoms with van der Waals surface area (Å²) in [5.74, 6) is -0.351. The molecule has 0 spiro atoms. The minimum Gasteiger partial charge on any atom is -0.371 e. The van der Waals surface area contributed by atoms with E-state index in [1.165, 1.54) is 6.42 Å². The first-order valence-electron chi connectivity index (χ1n) is 7.78. The minimum atomic E-state index is -0.351. The average Bonchev–Trinajstić information content (AvgIpc) is 2.49. The number of rotatable bonds is 3. The average molecular weight is 297 g/mol. The number of carbonyl (C=O) groups is 1. The molecule has 1 N–H and O–H groups in total. The van der Waals surface area contributed by atoms with Crippen LogP contribution in [0.25, 0.3) is 0 Å². The van der Waals surface area contributed by atoms with Gasteiger partial charge in [0.05, 0.1) is 0 Å². The van der Waals surface area contributed by atoms with Gasteiger partial charge in [0.1, 0.15) is 11.6 Å². The lowest BCUT2D eigenvalue weighted by atomic mass is 9.98. The van der Waals surface area contributed by atoms with Crippen molar-refractivity contribution in [2.45, 2.75) is 52.1 Å². The van der Waals surface area contributed by atoms with Crippen LogP contribution in [0.2, 0.25) is 0 Å². The number of benzene rings is 1. The van der Waals surface area contributed by atoms with E-state index in [-0.39, 0.29) is 11.5 Å². The van der Waals surface area contributed by atoms with Gasteiger partial charge in [0.25, 0.3) is 5.91 Å². The van der Waals surface area contributed by atoms with Gasteiger partial charge in [-0.1, -0.05) is 17.7 Å². The third kappa shape index (κ3) is 3.88. The molecule has 1 aromatic carbocycles. The van der Waals surface area contributed by atoms with Gasteiger partial charge in [-0.2, -0.15) is 5.26 Å². The van der Waals surface area contributed by atoms with E-state index < -0.39 is 0 Å². The predicted molar refractivity (Wildman–Crippen MR) is 88.1 cm³/mol. The molecule has 0 bridgehead atoms. The third-order valence-corrected chi connectivity index (χ3v) is 4.21. The fourth-order valence-electron chi connectivity index (χ4n) is 2.82. The monoisotopic (exact) mass is 297 g/mol. The molecule has 0 aliphatic carbocycles. The van der Waals surface area contributed by atoms with E-state index in [1.54, 1.807) is 6.20 Å². The summed E-state index contributed by atoms with van der Waals surface area (Å²) >= 11 is 0. The molecule has 2 rings (SSSR count). The molecule has 0 radical (unpaired) electrons. The summed E-state index contributed by atoms with van der Waals surface area (Å²) < 4.78 is 0. The number of carbonyl (C=O) groups excluding carboxylic acids is 1. The first-order chi connectivity index (χ1) is 10.5. The molecule has 1 saturated heterocycles. The van der Waals surface area contributed by atoms with Crippen LogP contribution >= 0.6 is 0 Å². The summed E-state index contributed by atoms with van der Waals surface area (Å²) in [4.78, 5) is 14.4. The van der Waals surface area contributed by atoms with Crippen molar-refractivity contribution < 1.29 is 4.79 Å². The Balaban J connectivity index is 2.13. The van der Waals surface area contributed by atoms with Crippen LogP contribution in [0, 0.1) is 18.3 Å². The zero-order valence-corrected chi connectivity index (χ0v) is 13.5. The van der Waals surface area contributed by atoms with E-state index in [1.807, 2.05) is 37.3 Å². The van der Waals surface area contributed by atoms with Crippen molar-refractivity contribution in [1.29, 1.82) is 5.26 Å². The van der Waals surface area contributed by atoms with Crippen molar-refractivity contribution in [3.8, 4) is 6.07 Å². The Morgan fingerprint density at radius 2 is 1.86 bits per heavy atom. The quantitative estimate of drug-likeness (QED) is 0.685. The van der Waals surface area contributed by atoms with E-state index in [0.29, 0.717) is 17.8 Å². The van der Waals surface area contributed by atoms with Crippen LogP contribution in [-0.2, 0) is 4.79 Å². The molecule has 1 amide bonds. The Morgan fingerprint density at radius 1 is 1.27 bits per heavy atom. The Hall–Kier alpha value is -2.28. The van der Waals surface area contributed by atoms with Gasteiger partial charge in [0.2, 0.25) is 0 Å². The lowest BCUT2D eigenvalue weighted by Gasteiger charge is -2.38. The molecule has 2 unspecified atom stereocenters. The van der Waals surface area contributed by atoms with Crippen LogP contribution < -0.4 is 5.32 Å². The van der Waals surface area contributed by atoms with Gasteiger partial charge < -0.3 is 10.2 Å². The fraction of sp³-hybridized carbons (Fsp3) is 0.444. The molecule has 116 valence electrons. The Labute approximate surface area is 132 Å². The Bertz CT molecular complexity index is 588. The van der Waals surface area contributed by atoms with Gasteiger partial charge in [-0.15, -0.1) is 0 Å². The van der Waals surface area contributed by atoms with E-state index in [2.05, 4.69) is 24.1 Å². The Kier molecular flexibility index (Phi) is 5.21. The number of hydrogen-bond acceptors (Lipinski definition) is 3. The van der Waals surface area contributed by atoms with E-state index >= 15 is 0 Å². The molecule has 0 saturated carbocycles. The zero-order chi connectivity index (χ0) is 16.1. The molecule has 1 heterocycles. The highest BCUT2D eigenvalue weighted by Crippen LogP contribution is 2.23. The molecule has 1 aliphatic heterocycles. The highest BCUT2D eigenvalue weighted by atomic mass is 16.1. The van der Waals surface area contributed by atoms with Crippen LogP contribution in [0.1, 0.15) is 38.7 Å². The van der Waals surface area contributed by atoms with Gasteiger partial charge in [-0.05, 0) is 52.2 Å². The van der Waals surface area contributed by atoms with Gasteiger partial charge in [-0.25, -0.2) is 0 Å². The summed E-state index contributed by atoms with van der Waals surface area (Å²) in [6.45, 7) is 6.27. The summed E-state index contributed by atoms with van der Waals surface area (Å²) in [7, 11) is 0. The van der Waals surface area contributed by atoms with E-state index in [0.717, 1.165) is 18.4 Å². The standard InChI is InChI=1S/C18H23N3O/c1-13-7-9-17(10-8-13)20-18(22)16(11-19)12-21-14(2)5-4-6-15(21)3/h7-10,12,14-15H,4-6H2,1-3H3,(H,20,22)/b16-12-. The molecule has 4 heteroatoms. The summed E-state index contributed by atoms with van der Waals surface area (Å²) in [5, 5.41) is 12.1. The maximum Gasteiger partial charge on any atom is 0.267 e. The number of nitrogens with zero attached hydrogens (tertiary/aromatic N) is 2. The summed E-state index contributed by atoms with van der Waals surface area (Å²) in [5.41, 5.74) is 1.99. The third-order valence-electron chi connectivity index (χ3n) is 4.21.